The van der Waals surface area contributed by atoms with Crippen LogP contribution in [0.3, 0.4) is 0 Å². The van der Waals surface area contributed by atoms with Crippen LogP contribution < -0.4 is 4.74 Å². The largest absolute Gasteiger partial charge is 0.497 e. The number of methoxy groups -OCH3 is 1. The molecular formula is C22H29NO2. The fourth-order valence-corrected chi connectivity index (χ4v) is 2.50. The second kappa shape index (κ2) is 7.07. The highest BCUT2D eigenvalue weighted by molar-refractivity contribution is 5.84. The van der Waals surface area contributed by atoms with Crippen LogP contribution in [-0.4, -0.2) is 36.8 Å². The average Bonchev–Trinajstić information content (AvgIpc) is 2.58. The summed E-state index contributed by atoms with van der Waals surface area (Å²) in [6.45, 7) is 8.09. The normalized spacial score (nSPS) is 14.3. The summed E-state index contributed by atoms with van der Waals surface area (Å²) in [7, 11) is 5.65. The molecule has 2 rings (SSSR count). The van der Waals surface area contributed by atoms with Crippen molar-refractivity contribution in [3.05, 3.63) is 42.0 Å². The van der Waals surface area contributed by atoms with E-state index in [-0.39, 0.29) is 11.5 Å². The van der Waals surface area contributed by atoms with Gasteiger partial charge in [-0.1, -0.05) is 43.9 Å². The maximum Gasteiger partial charge on any atom is 0.153 e. The monoisotopic (exact) mass is 339 g/mol. The molecule has 2 aromatic carbocycles. The van der Waals surface area contributed by atoms with Gasteiger partial charge in [0, 0.05) is 0 Å². The fourth-order valence-electron chi connectivity index (χ4n) is 2.50. The molecule has 1 unspecified atom stereocenters. The second-order valence-electron chi connectivity index (χ2n) is 7.55. The van der Waals surface area contributed by atoms with Gasteiger partial charge in [-0.2, -0.15) is 0 Å². The van der Waals surface area contributed by atoms with E-state index in [1.165, 1.54) is 0 Å². The molecule has 134 valence electrons. The second-order valence-corrected chi connectivity index (χ2v) is 7.55. The molecule has 0 spiro atoms. The van der Waals surface area contributed by atoms with Crippen molar-refractivity contribution >= 4 is 10.8 Å². The van der Waals surface area contributed by atoms with Gasteiger partial charge in [0.2, 0.25) is 0 Å². The highest BCUT2D eigenvalue weighted by Crippen LogP contribution is 2.32. The Hall–Kier alpha value is -2.02. The summed E-state index contributed by atoms with van der Waals surface area (Å²) in [6.07, 6.45) is 0. The number of rotatable bonds is 4. The lowest BCUT2D eigenvalue weighted by molar-refractivity contribution is 0.0499. The molecule has 0 heterocycles. The summed E-state index contributed by atoms with van der Waals surface area (Å²) < 4.78 is 5.28. The van der Waals surface area contributed by atoms with Crippen LogP contribution >= 0.6 is 0 Å². The average molecular weight is 339 g/mol. The lowest BCUT2D eigenvalue weighted by Gasteiger charge is -2.30. The molecule has 0 aliphatic carbocycles. The van der Waals surface area contributed by atoms with Crippen LogP contribution in [0, 0.1) is 17.8 Å². The van der Waals surface area contributed by atoms with E-state index in [9.17, 15) is 5.11 Å². The van der Waals surface area contributed by atoms with Gasteiger partial charge >= 0.3 is 0 Å². The highest BCUT2D eigenvalue weighted by Gasteiger charge is 2.32. The SMILES string of the molecule is COc1ccc2cc(C(O)(C#CC(C)(C)N(C)C)C(C)C)ccc2c1. The molecule has 0 aliphatic heterocycles. The van der Waals surface area contributed by atoms with Gasteiger partial charge in [-0.3, -0.25) is 4.90 Å². The standard InChI is InChI=1S/C22H29NO2/c1-16(2)22(24,13-12-21(3,4)23(5)6)19-10-8-18-15-20(25-7)11-9-17(18)14-19/h8-11,14-16,24H,1-7H3. The zero-order valence-electron chi connectivity index (χ0n) is 16.3. The molecule has 25 heavy (non-hydrogen) atoms. The van der Waals surface area contributed by atoms with Crippen molar-refractivity contribution in [2.75, 3.05) is 21.2 Å². The zero-order chi connectivity index (χ0) is 18.8. The number of fused-ring (bicyclic) bond motifs is 1. The van der Waals surface area contributed by atoms with Gasteiger partial charge in [0.1, 0.15) is 5.75 Å². The van der Waals surface area contributed by atoms with Crippen LogP contribution in [0.25, 0.3) is 10.8 Å². The van der Waals surface area contributed by atoms with Crippen molar-refractivity contribution in [2.45, 2.75) is 38.8 Å². The van der Waals surface area contributed by atoms with E-state index in [0.29, 0.717) is 0 Å². The maximum atomic E-state index is 11.3. The van der Waals surface area contributed by atoms with Gasteiger partial charge in [-0.15, -0.1) is 0 Å². The lowest BCUT2D eigenvalue weighted by Crippen LogP contribution is -2.38. The summed E-state index contributed by atoms with van der Waals surface area (Å²) in [4.78, 5) is 2.05. The third-order valence-electron chi connectivity index (χ3n) is 5.00. The van der Waals surface area contributed by atoms with Crippen LogP contribution in [0.2, 0.25) is 0 Å². The first-order valence-electron chi connectivity index (χ1n) is 8.62. The molecule has 1 atom stereocenters. The molecule has 0 fully saturated rings. The van der Waals surface area contributed by atoms with Gasteiger partial charge in [0.15, 0.2) is 5.60 Å². The number of aliphatic hydroxyl groups is 1. The first-order valence-corrected chi connectivity index (χ1v) is 8.62. The molecular weight excluding hydrogens is 310 g/mol. The molecule has 1 N–H and O–H groups in total. The minimum atomic E-state index is -1.19. The summed E-state index contributed by atoms with van der Waals surface area (Å²) >= 11 is 0. The summed E-state index contributed by atoms with van der Waals surface area (Å²) in [5.74, 6) is 7.20. The van der Waals surface area contributed by atoms with E-state index < -0.39 is 5.60 Å². The number of benzene rings is 2. The fraction of sp³-hybridized carbons (Fsp3) is 0.455. The van der Waals surface area contributed by atoms with E-state index in [0.717, 1.165) is 22.1 Å². The smallest absolute Gasteiger partial charge is 0.153 e. The van der Waals surface area contributed by atoms with Crippen LogP contribution in [0.15, 0.2) is 36.4 Å². The lowest BCUT2D eigenvalue weighted by atomic mass is 9.82. The van der Waals surface area contributed by atoms with E-state index in [1.54, 1.807) is 7.11 Å². The predicted octanol–water partition coefficient (Wildman–Crippen LogP) is 4.04. The Labute approximate surface area is 151 Å². The van der Waals surface area contributed by atoms with Gasteiger partial charge in [-0.05, 0) is 68.4 Å². The van der Waals surface area contributed by atoms with Gasteiger partial charge < -0.3 is 9.84 Å². The Morgan fingerprint density at radius 2 is 1.60 bits per heavy atom. The number of nitrogens with zero attached hydrogens (tertiary/aromatic N) is 1. The van der Waals surface area contributed by atoms with Crippen molar-refractivity contribution in [1.82, 2.24) is 4.90 Å². The Morgan fingerprint density at radius 1 is 1.00 bits per heavy atom. The molecule has 0 bridgehead atoms. The molecule has 0 radical (unpaired) electrons. The van der Waals surface area contributed by atoms with Crippen LogP contribution in [-0.2, 0) is 5.60 Å². The van der Waals surface area contributed by atoms with Crippen molar-refractivity contribution in [1.29, 1.82) is 0 Å². The van der Waals surface area contributed by atoms with Crippen LogP contribution in [0.5, 0.6) is 5.75 Å². The quantitative estimate of drug-likeness (QED) is 0.854. The Kier molecular flexibility index (Phi) is 5.46. The van der Waals surface area contributed by atoms with E-state index in [4.69, 9.17) is 4.74 Å². The van der Waals surface area contributed by atoms with Crippen molar-refractivity contribution in [3.8, 4) is 17.6 Å². The topological polar surface area (TPSA) is 32.7 Å². The van der Waals surface area contributed by atoms with Crippen molar-refractivity contribution < 1.29 is 9.84 Å². The molecule has 2 aromatic rings. The number of ether oxygens (including phenoxy) is 1. The van der Waals surface area contributed by atoms with Gasteiger partial charge in [0.05, 0.1) is 12.6 Å². The van der Waals surface area contributed by atoms with Crippen molar-refractivity contribution in [2.24, 2.45) is 5.92 Å². The number of hydrogen-bond acceptors (Lipinski definition) is 3. The molecule has 3 heteroatoms. The molecule has 0 amide bonds. The van der Waals surface area contributed by atoms with E-state index >= 15 is 0 Å². The van der Waals surface area contributed by atoms with Crippen LogP contribution in [0.4, 0.5) is 0 Å². The molecule has 3 nitrogen and oxygen atoms in total. The third kappa shape index (κ3) is 3.98. The highest BCUT2D eigenvalue weighted by atomic mass is 16.5. The van der Waals surface area contributed by atoms with Gasteiger partial charge in [-0.25, -0.2) is 0 Å². The van der Waals surface area contributed by atoms with E-state index in [2.05, 4.69) is 11.8 Å². The van der Waals surface area contributed by atoms with Crippen LogP contribution in [0.1, 0.15) is 33.3 Å². The summed E-state index contributed by atoms with van der Waals surface area (Å²) in [5, 5.41) is 13.5. The maximum absolute atomic E-state index is 11.3. The minimum Gasteiger partial charge on any atom is -0.497 e. The third-order valence-corrected chi connectivity index (χ3v) is 5.00. The molecule has 0 saturated heterocycles. The van der Waals surface area contributed by atoms with Gasteiger partial charge in [0.25, 0.3) is 0 Å². The molecule has 0 saturated carbocycles. The predicted molar refractivity (Wildman–Crippen MR) is 105 cm³/mol. The van der Waals surface area contributed by atoms with E-state index in [1.807, 2.05) is 83.1 Å². The van der Waals surface area contributed by atoms with Crippen molar-refractivity contribution in [3.63, 3.8) is 0 Å². The summed E-state index contributed by atoms with van der Waals surface area (Å²) in [6, 6.07) is 11.9. The Bertz CT molecular complexity index is 812. The minimum absolute atomic E-state index is 0.0336. The number of hydrogen-bond donors (Lipinski definition) is 1. The first-order chi connectivity index (χ1) is 11.6. The summed E-state index contributed by atoms with van der Waals surface area (Å²) in [5.41, 5.74) is -0.684. The zero-order valence-corrected chi connectivity index (χ0v) is 16.3. The Morgan fingerprint density at radius 3 is 2.16 bits per heavy atom. The molecule has 0 aliphatic rings. The first kappa shape index (κ1) is 19.3. The molecule has 0 aromatic heterocycles. The Balaban J connectivity index is 2.53.